The predicted molar refractivity (Wildman–Crippen MR) is 138 cm³/mol. The van der Waals surface area contributed by atoms with Crippen molar-refractivity contribution in [3.8, 4) is 0 Å². The van der Waals surface area contributed by atoms with Gasteiger partial charge in [0.1, 0.15) is 11.4 Å². The van der Waals surface area contributed by atoms with E-state index in [0.717, 1.165) is 32.7 Å². The Labute approximate surface area is 212 Å². The smallest absolute Gasteiger partial charge is 0.416 e. The molecule has 36 heavy (non-hydrogen) atoms. The Morgan fingerprint density at radius 1 is 1.22 bits per heavy atom. The summed E-state index contributed by atoms with van der Waals surface area (Å²) in [6, 6.07) is 7.08. The molecule has 0 saturated heterocycles. The molecule has 3 N–H and O–H groups in total. The maximum atomic E-state index is 13.2. The van der Waals surface area contributed by atoms with Crippen molar-refractivity contribution in [3.05, 3.63) is 58.6 Å². The number of thiophene rings is 1. The number of hydrogen-bond acceptors (Lipinski definition) is 6. The number of benzene rings is 1. The summed E-state index contributed by atoms with van der Waals surface area (Å²) in [5, 5.41) is 4.14. The first kappa shape index (κ1) is 25.8. The number of nitrogen functional groups attached to an aromatic ring is 1. The number of pyridine rings is 1. The molecular weight excluding hydrogens is 489 g/mol. The average Bonchev–Trinajstić information content (AvgIpc) is 3.22. The Bertz CT molecular complexity index is 1310. The molecule has 1 aromatic carbocycles. The fourth-order valence-corrected chi connectivity index (χ4v) is 5.12. The maximum Gasteiger partial charge on any atom is 0.416 e. The first-order chi connectivity index (χ1) is 16.8. The Hall–Kier alpha value is -3.27. The van der Waals surface area contributed by atoms with Gasteiger partial charge in [-0.3, -0.25) is 0 Å². The van der Waals surface area contributed by atoms with E-state index < -0.39 is 23.4 Å². The molecule has 1 aliphatic rings. The fraction of sp³-hybridized carbons (Fsp3) is 0.385. The number of halogens is 3. The molecule has 2 aromatic heterocycles. The Kier molecular flexibility index (Phi) is 6.92. The van der Waals surface area contributed by atoms with Gasteiger partial charge in [-0.25, -0.2) is 9.78 Å². The summed E-state index contributed by atoms with van der Waals surface area (Å²) in [4.78, 5) is 19.5. The van der Waals surface area contributed by atoms with E-state index >= 15 is 0 Å². The number of ether oxygens (including phenoxy) is 1. The zero-order valence-electron chi connectivity index (χ0n) is 20.6. The van der Waals surface area contributed by atoms with Crippen LogP contribution < -0.4 is 11.1 Å². The van der Waals surface area contributed by atoms with E-state index in [1.807, 2.05) is 39.0 Å². The zero-order valence-corrected chi connectivity index (χ0v) is 21.4. The monoisotopic (exact) mass is 518 g/mol. The SMILES string of the molecule is C[C@@H](Nc1nccc2sc(C3=CCN(C(=O)OC(C)(C)C)CC3)cc12)c1cc(N)cc(C(F)(F)F)c1. The molecule has 3 heterocycles. The Morgan fingerprint density at radius 2 is 1.97 bits per heavy atom. The minimum Gasteiger partial charge on any atom is -0.444 e. The van der Waals surface area contributed by atoms with Gasteiger partial charge in [-0.1, -0.05) is 6.08 Å². The Morgan fingerprint density at radius 3 is 2.61 bits per heavy atom. The molecule has 0 spiro atoms. The molecule has 0 unspecified atom stereocenters. The third-order valence-electron chi connectivity index (χ3n) is 5.78. The van der Waals surface area contributed by atoms with Crippen molar-refractivity contribution in [2.75, 3.05) is 24.1 Å². The van der Waals surface area contributed by atoms with Crippen LogP contribution in [0.2, 0.25) is 0 Å². The van der Waals surface area contributed by atoms with Crippen LogP contribution in [0.5, 0.6) is 0 Å². The number of carbonyl (C=O) groups is 1. The molecule has 6 nitrogen and oxygen atoms in total. The number of anilines is 2. The number of hydrogen-bond donors (Lipinski definition) is 2. The van der Waals surface area contributed by atoms with Crippen LogP contribution in [0.4, 0.5) is 29.5 Å². The van der Waals surface area contributed by atoms with Crippen molar-refractivity contribution in [1.29, 1.82) is 0 Å². The van der Waals surface area contributed by atoms with E-state index in [-0.39, 0.29) is 11.8 Å². The molecule has 0 bridgehead atoms. The van der Waals surface area contributed by atoms with E-state index in [2.05, 4.69) is 10.3 Å². The van der Waals surface area contributed by atoms with E-state index in [1.165, 1.54) is 6.07 Å². The Balaban J connectivity index is 1.54. The van der Waals surface area contributed by atoms with Gasteiger partial charge < -0.3 is 20.7 Å². The number of carbonyl (C=O) groups excluding carboxylic acids is 1. The van der Waals surface area contributed by atoms with Crippen molar-refractivity contribution in [2.24, 2.45) is 0 Å². The molecule has 4 rings (SSSR count). The van der Waals surface area contributed by atoms with Crippen molar-refractivity contribution in [3.63, 3.8) is 0 Å². The topological polar surface area (TPSA) is 80.5 Å². The molecule has 0 saturated carbocycles. The van der Waals surface area contributed by atoms with E-state index in [0.29, 0.717) is 30.9 Å². The second-order valence-corrected chi connectivity index (χ2v) is 10.9. The lowest BCUT2D eigenvalue weighted by molar-refractivity contribution is -0.137. The second kappa shape index (κ2) is 9.65. The van der Waals surface area contributed by atoms with Gasteiger partial charge in [-0.05, 0) is 75.6 Å². The molecule has 1 aliphatic heterocycles. The van der Waals surface area contributed by atoms with Gasteiger partial charge in [-0.2, -0.15) is 13.2 Å². The molecule has 1 atom stereocenters. The number of aromatic nitrogens is 1. The molecule has 0 radical (unpaired) electrons. The first-order valence-corrected chi connectivity index (χ1v) is 12.4. The van der Waals surface area contributed by atoms with Crippen molar-refractivity contribution >= 4 is 44.6 Å². The highest BCUT2D eigenvalue weighted by atomic mass is 32.1. The van der Waals surface area contributed by atoms with E-state index in [4.69, 9.17) is 10.5 Å². The lowest BCUT2D eigenvalue weighted by Gasteiger charge is -2.29. The number of nitrogens with two attached hydrogens (primary N) is 1. The van der Waals surface area contributed by atoms with Crippen molar-refractivity contribution < 1.29 is 22.7 Å². The molecule has 0 fully saturated rings. The molecular formula is C26H29F3N4O2S. The van der Waals surface area contributed by atoms with Crippen molar-refractivity contribution in [1.82, 2.24) is 9.88 Å². The van der Waals surface area contributed by atoms with Gasteiger partial charge in [0, 0.05) is 39.9 Å². The average molecular weight is 519 g/mol. The van der Waals surface area contributed by atoms with Crippen LogP contribution in [0.25, 0.3) is 15.7 Å². The van der Waals surface area contributed by atoms with Gasteiger partial charge in [-0.15, -0.1) is 11.3 Å². The van der Waals surface area contributed by atoms with Gasteiger partial charge in [0.05, 0.1) is 11.6 Å². The van der Waals surface area contributed by atoms with Gasteiger partial charge >= 0.3 is 12.3 Å². The number of alkyl halides is 3. The van der Waals surface area contributed by atoms with Gasteiger partial charge in [0.25, 0.3) is 0 Å². The normalized spacial score (nSPS) is 15.5. The highest BCUT2D eigenvalue weighted by Gasteiger charge is 2.31. The quantitative estimate of drug-likeness (QED) is 0.360. The minimum absolute atomic E-state index is 0.0575. The van der Waals surface area contributed by atoms with Crippen LogP contribution in [-0.2, 0) is 10.9 Å². The van der Waals surface area contributed by atoms with Crippen molar-refractivity contribution in [2.45, 2.75) is 51.9 Å². The molecule has 10 heteroatoms. The van der Waals surface area contributed by atoms with Gasteiger partial charge in [0.15, 0.2) is 0 Å². The lowest BCUT2D eigenvalue weighted by atomic mass is 10.0. The summed E-state index contributed by atoms with van der Waals surface area (Å²) < 4.78 is 46.2. The number of fused-ring (bicyclic) bond motifs is 1. The number of rotatable bonds is 4. The van der Waals surface area contributed by atoms with Crippen LogP contribution in [0.3, 0.4) is 0 Å². The lowest BCUT2D eigenvalue weighted by Crippen LogP contribution is -2.39. The van der Waals surface area contributed by atoms with Crippen LogP contribution >= 0.6 is 11.3 Å². The third-order valence-corrected chi connectivity index (χ3v) is 6.96. The molecule has 192 valence electrons. The highest BCUT2D eigenvalue weighted by Crippen LogP contribution is 2.38. The number of amides is 1. The molecule has 0 aliphatic carbocycles. The largest absolute Gasteiger partial charge is 0.444 e. The summed E-state index contributed by atoms with van der Waals surface area (Å²) in [7, 11) is 0. The highest BCUT2D eigenvalue weighted by molar-refractivity contribution is 7.20. The van der Waals surface area contributed by atoms with Crippen LogP contribution in [0.1, 0.15) is 56.2 Å². The van der Waals surface area contributed by atoms with Gasteiger partial charge in [0.2, 0.25) is 0 Å². The third kappa shape index (κ3) is 5.92. The summed E-state index contributed by atoms with van der Waals surface area (Å²) in [5.74, 6) is 0.588. The number of nitrogens with zero attached hydrogens (tertiary/aromatic N) is 2. The first-order valence-electron chi connectivity index (χ1n) is 11.6. The second-order valence-electron chi connectivity index (χ2n) is 9.84. The minimum atomic E-state index is -4.48. The maximum absolute atomic E-state index is 13.2. The number of nitrogens with one attached hydrogen (secondary N) is 1. The summed E-state index contributed by atoms with van der Waals surface area (Å²) in [6.45, 7) is 8.33. The van der Waals surface area contributed by atoms with Crippen LogP contribution in [0.15, 0.2) is 42.6 Å². The van der Waals surface area contributed by atoms with Crippen LogP contribution in [-0.4, -0.2) is 34.7 Å². The predicted octanol–water partition coefficient (Wildman–Crippen LogP) is 7.09. The van der Waals surface area contributed by atoms with E-state index in [1.54, 1.807) is 29.4 Å². The summed E-state index contributed by atoms with van der Waals surface area (Å²) >= 11 is 1.62. The summed E-state index contributed by atoms with van der Waals surface area (Å²) in [6.07, 6.45) is -0.391. The van der Waals surface area contributed by atoms with E-state index in [9.17, 15) is 18.0 Å². The fourth-order valence-electron chi connectivity index (χ4n) is 4.00. The summed E-state index contributed by atoms with van der Waals surface area (Å²) in [5.41, 5.74) is 6.04. The standard InChI is InChI=1S/C26H29F3N4O2S/c1-15(17-11-18(26(27,28)29)13-19(30)12-17)32-23-20-14-22(36-21(20)5-8-31-23)16-6-9-33(10-7-16)24(34)35-25(2,3)4/h5-6,8,11-15H,7,9-10,30H2,1-4H3,(H,31,32)/t15-/m1/s1. The molecule has 3 aromatic rings. The zero-order chi connectivity index (χ0) is 26.3. The van der Waals surface area contributed by atoms with Crippen LogP contribution in [0, 0.1) is 0 Å². The molecule has 1 amide bonds.